The third kappa shape index (κ3) is 1.90. The summed E-state index contributed by atoms with van der Waals surface area (Å²) >= 11 is 0. The molecule has 1 atom stereocenters. The van der Waals surface area contributed by atoms with Crippen LogP contribution in [0, 0.1) is 6.92 Å². The number of rotatable bonds is 2. The SMILES string of the molecule is Cc1ccc2nc(C(C)c3ccccc3)[nH]c2c1. The first-order chi connectivity index (χ1) is 8.74. The fourth-order valence-electron chi connectivity index (χ4n) is 2.25. The lowest BCUT2D eigenvalue weighted by Crippen LogP contribution is -1.97. The van der Waals surface area contributed by atoms with Crippen LogP contribution < -0.4 is 0 Å². The van der Waals surface area contributed by atoms with Crippen LogP contribution >= 0.6 is 0 Å². The molecule has 90 valence electrons. The third-order valence-corrected chi connectivity index (χ3v) is 3.37. The summed E-state index contributed by atoms with van der Waals surface area (Å²) in [6.07, 6.45) is 0. The number of imidazole rings is 1. The van der Waals surface area contributed by atoms with Crippen molar-refractivity contribution in [1.82, 2.24) is 9.97 Å². The van der Waals surface area contributed by atoms with Crippen molar-refractivity contribution in [3.8, 4) is 0 Å². The van der Waals surface area contributed by atoms with Gasteiger partial charge < -0.3 is 4.98 Å². The fourth-order valence-corrected chi connectivity index (χ4v) is 2.25. The van der Waals surface area contributed by atoms with Crippen LogP contribution in [0.3, 0.4) is 0 Å². The fraction of sp³-hybridized carbons (Fsp3) is 0.188. The van der Waals surface area contributed by atoms with Gasteiger partial charge in [-0.25, -0.2) is 4.98 Å². The maximum absolute atomic E-state index is 4.67. The van der Waals surface area contributed by atoms with Crippen LogP contribution in [0.15, 0.2) is 48.5 Å². The van der Waals surface area contributed by atoms with Gasteiger partial charge in [0.25, 0.3) is 0 Å². The van der Waals surface area contributed by atoms with Crippen molar-refractivity contribution < 1.29 is 0 Å². The lowest BCUT2D eigenvalue weighted by Gasteiger charge is -2.07. The van der Waals surface area contributed by atoms with E-state index in [4.69, 9.17) is 0 Å². The van der Waals surface area contributed by atoms with E-state index in [2.05, 4.69) is 66.3 Å². The van der Waals surface area contributed by atoms with Crippen LogP contribution in [-0.4, -0.2) is 9.97 Å². The minimum absolute atomic E-state index is 0.291. The highest BCUT2D eigenvalue weighted by Gasteiger charge is 2.12. The van der Waals surface area contributed by atoms with Gasteiger partial charge in [0.2, 0.25) is 0 Å². The second-order valence-electron chi connectivity index (χ2n) is 4.78. The first kappa shape index (κ1) is 11.0. The predicted octanol–water partition coefficient (Wildman–Crippen LogP) is 4.02. The van der Waals surface area contributed by atoms with Gasteiger partial charge in [0.1, 0.15) is 5.82 Å². The summed E-state index contributed by atoms with van der Waals surface area (Å²) in [5.74, 6) is 1.32. The first-order valence-electron chi connectivity index (χ1n) is 6.25. The summed E-state index contributed by atoms with van der Waals surface area (Å²) in [7, 11) is 0. The van der Waals surface area contributed by atoms with E-state index in [-0.39, 0.29) is 0 Å². The molecule has 1 heterocycles. The van der Waals surface area contributed by atoms with Gasteiger partial charge in [-0.15, -0.1) is 0 Å². The number of nitrogens with one attached hydrogen (secondary N) is 1. The van der Waals surface area contributed by atoms with Crippen molar-refractivity contribution in [1.29, 1.82) is 0 Å². The smallest absolute Gasteiger partial charge is 0.114 e. The van der Waals surface area contributed by atoms with Gasteiger partial charge in [0.05, 0.1) is 11.0 Å². The topological polar surface area (TPSA) is 28.7 Å². The zero-order chi connectivity index (χ0) is 12.5. The second kappa shape index (κ2) is 4.30. The largest absolute Gasteiger partial charge is 0.341 e. The second-order valence-corrected chi connectivity index (χ2v) is 4.78. The summed E-state index contributed by atoms with van der Waals surface area (Å²) < 4.78 is 0. The normalized spacial score (nSPS) is 12.8. The molecule has 1 N–H and O–H groups in total. The Kier molecular flexibility index (Phi) is 2.63. The molecule has 3 rings (SSSR count). The number of hydrogen-bond acceptors (Lipinski definition) is 1. The molecule has 1 unspecified atom stereocenters. The molecular weight excluding hydrogens is 220 g/mol. The Morgan fingerprint density at radius 1 is 1.06 bits per heavy atom. The van der Waals surface area contributed by atoms with E-state index in [1.807, 2.05) is 6.07 Å². The summed E-state index contributed by atoms with van der Waals surface area (Å²) in [4.78, 5) is 8.10. The van der Waals surface area contributed by atoms with Crippen LogP contribution in [-0.2, 0) is 0 Å². The van der Waals surface area contributed by atoms with E-state index in [1.54, 1.807) is 0 Å². The molecule has 0 aliphatic carbocycles. The molecule has 2 aromatic carbocycles. The van der Waals surface area contributed by atoms with E-state index in [1.165, 1.54) is 11.1 Å². The Hall–Kier alpha value is -2.09. The van der Waals surface area contributed by atoms with Crippen molar-refractivity contribution in [2.45, 2.75) is 19.8 Å². The number of aromatic amines is 1. The lowest BCUT2D eigenvalue weighted by molar-refractivity contribution is 0.845. The molecule has 2 nitrogen and oxygen atoms in total. The minimum atomic E-state index is 0.291. The Labute approximate surface area is 107 Å². The average molecular weight is 236 g/mol. The number of H-pyrrole nitrogens is 1. The lowest BCUT2D eigenvalue weighted by atomic mass is 10.0. The highest BCUT2D eigenvalue weighted by atomic mass is 14.9. The van der Waals surface area contributed by atoms with Gasteiger partial charge in [0, 0.05) is 5.92 Å². The van der Waals surface area contributed by atoms with E-state index < -0.39 is 0 Å². The molecule has 1 aromatic heterocycles. The van der Waals surface area contributed by atoms with Gasteiger partial charge in [-0.3, -0.25) is 0 Å². The van der Waals surface area contributed by atoms with Crippen molar-refractivity contribution in [2.24, 2.45) is 0 Å². The zero-order valence-electron chi connectivity index (χ0n) is 10.6. The number of fused-ring (bicyclic) bond motifs is 1. The molecule has 0 saturated heterocycles. The summed E-state index contributed by atoms with van der Waals surface area (Å²) in [5.41, 5.74) is 4.70. The number of nitrogens with zero attached hydrogens (tertiary/aromatic N) is 1. The maximum atomic E-state index is 4.67. The van der Waals surface area contributed by atoms with E-state index in [9.17, 15) is 0 Å². The standard InChI is InChI=1S/C16H16N2/c1-11-8-9-14-15(10-11)18-16(17-14)12(2)13-6-4-3-5-7-13/h3-10,12H,1-2H3,(H,17,18). The molecular formula is C16H16N2. The molecule has 0 fully saturated rings. The predicted molar refractivity (Wildman–Crippen MR) is 74.8 cm³/mol. The number of hydrogen-bond donors (Lipinski definition) is 1. The van der Waals surface area contributed by atoms with E-state index in [0.29, 0.717) is 5.92 Å². The number of aromatic nitrogens is 2. The maximum Gasteiger partial charge on any atom is 0.114 e. The molecule has 0 radical (unpaired) electrons. The highest BCUT2D eigenvalue weighted by Crippen LogP contribution is 2.24. The van der Waals surface area contributed by atoms with Crippen molar-refractivity contribution in [2.75, 3.05) is 0 Å². The van der Waals surface area contributed by atoms with E-state index in [0.717, 1.165) is 16.9 Å². The molecule has 0 aliphatic rings. The first-order valence-corrected chi connectivity index (χ1v) is 6.25. The monoisotopic (exact) mass is 236 g/mol. The summed E-state index contributed by atoms with van der Waals surface area (Å²) in [5, 5.41) is 0. The van der Waals surface area contributed by atoms with Crippen LogP contribution in [0.25, 0.3) is 11.0 Å². The third-order valence-electron chi connectivity index (χ3n) is 3.37. The Morgan fingerprint density at radius 3 is 2.61 bits per heavy atom. The Morgan fingerprint density at radius 2 is 1.83 bits per heavy atom. The Balaban J connectivity index is 2.04. The van der Waals surface area contributed by atoms with Crippen molar-refractivity contribution in [3.63, 3.8) is 0 Å². The molecule has 18 heavy (non-hydrogen) atoms. The summed E-state index contributed by atoms with van der Waals surface area (Å²) in [6, 6.07) is 16.8. The number of benzene rings is 2. The van der Waals surface area contributed by atoms with Gasteiger partial charge >= 0.3 is 0 Å². The van der Waals surface area contributed by atoms with Gasteiger partial charge in [-0.05, 0) is 30.2 Å². The van der Waals surface area contributed by atoms with Gasteiger partial charge in [-0.2, -0.15) is 0 Å². The van der Waals surface area contributed by atoms with E-state index >= 15 is 0 Å². The highest BCUT2D eigenvalue weighted by molar-refractivity contribution is 5.76. The molecule has 0 bridgehead atoms. The molecule has 0 saturated carbocycles. The van der Waals surface area contributed by atoms with Crippen LogP contribution in [0.4, 0.5) is 0 Å². The Bertz CT molecular complexity index is 668. The van der Waals surface area contributed by atoms with Crippen LogP contribution in [0.5, 0.6) is 0 Å². The molecule has 3 aromatic rings. The van der Waals surface area contributed by atoms with Crippen molar-refractivity contribution >= 4 is 11.0 Å². The van der Waals surface area contributed by atoms with Crippen molar-refractivity contribution in [3.05, 3.63) is 65.5 Å². The van der Waals surface area contributed by atoms with Gasteiger partial charge in [-0.1, -0.05) is 43.3 Å². The molecule has 0 spiro atoms. The van der Waals surface area contributed by atoms with Crippen LogP contribution in [0.1, 0.15) is 29.8 Å². The quantitative estimate of drug-likeness (QED) is 0.715. The zero-order valence-corrected chi connectivity index (χ0v) is 10.6. The summed E-state index contributed by atoms with van der Waals surface area (Å²) in [6.45, 7) is 4.28. The molecule has 2 heteroatoms. The molecule has 0 aliphatic heterocycles. The van der Waals surface area contributed by atoms with Crippen LogP contribution in [0.2, 0.25) is 0 Å². The number of aryl methyl sites for hydroxylation is 1. The molecule has 0 amide bonds. The minimum Gasteiger partial charge on any atom is -0.341 e. The van der Waals surface area contributed by atoms with Gasteiger partial charge in [0.15, 0.2) is 0 Å². The average Bonchev–Trinajstić information content (AvgIpc) is 2.81.